The van der Waals surface area contributed by atoms with Crippen LogP contribution in [0.3, 0.4) is 0 Å². The van der Waals surface area contributed by atoms with Crippen molar-refractivity contribution in [2.45, 2.75) is 17.6 Å². The number of thioether (sulfide) groups is 1. The van der Waals surface area contributed by atoms with Gasteiger partial charge in [-0.15, -0.1) is 11.8 Å². The molecule has 0 N–H and O–H groups in total. The summed E-state index contributed by atoms with van der Waals surface area (Å²) < 4.78 is 14.0. The molecular formula is C14H14BrFN2OS. The summed E-state index contributed by atoms with van der Waals surface area (Å²) in [5.41, 5.74) is 0.0768. The van der Waals surface area contributed by atoms with Gasteiger partial charge >= 0.3 is 0 Å². The number of amides is 1. The summed E-state index contributed by atoms with van der Waals surface area (Å²) in [4.78, 5) is 14.0. The molecule has 20 heavy (non-hydrogen) atoms. The largest absolute Gasteiger partial charge is 0.338 e. The van der Waals surface area contributed by atoms with E-state index in [1.807, 2.05) is 6.26 Å². The van der Waals surface area contributed by atoms with Gasteiger partial charge in [0.15, 0.2) is 0 Å². The van der Waals surface area contributed by atoms with Crippen LogP contribution < -0.4 is 0 Å². The van der Waals surface area contributed by atoms with Crippen LogP contribution in [0.1, 0.15) is 23.2 Å². The van der Waals surface area contributed by atoms with Gasteiger partial charge in [0, 0.05) is 17.6 Å². The van der Waals surface area contributed by atoms with Crippen LogP contribution >= 0.6 is 27.7 Å². The van der Waals surface area contributed by atoms with E-state index in [9.17, 15) is 14.4 Å². The first-order valence-electron chi connectivity index (χ1n) is 6.22. The molecule has 0 aliphatic carbocycles. The van der Waals surface area contributed by atoms with Crippen molar-refractivity contribution < 1.29 is 9.18 Å². The molecule has 0 aromatic heterocycles. The lowest BCUT2D eigenvalue weighted by molar-refractivity contribution is 0.0712. The normalized spacial score (nSPS) is 17.6. The zero-order chi connectivity index (χ0) is 14.8. The number of piperidine rings is 1. The molecule has 0 saturated carbocycles. The van der Waals surface area contributed by atoms with E-state index in [4.69, 9.17) is 0 Å². The second kappa shape index (κ2) is 6.15. The highest BCUT2D eigenvalue weighted by molar-refractivity contribution is 9.10. The molecular weight excluding hydrogens is 343 g/mol. The second-order valence-electron chi connectivity index (χ2n) is 4.73. The van der Waals surface area contributed by atoms with Crippen molar-refractivity contribution in [2.24, 2.45) is 0 Å². The number of hydrogen-bond donors (Lipinski definition) is 0. The lowest BCUT2D eigenvalue weighted by atomic mass is 9.96. The molecule has 2 rings (SSSR count). The Labute approximate surface area is 130 Å². The smallest absolute Gasteiger partial charge is 0.256 e. The zero-order valence-electron chi connectivity index (χ0n) is 11.0. The molecule has 106 valence electrons. The third-order valence-corrected chi connectivity index (χ3v) is 5.39. The van der Waals surface area contributed by atoms with Gasteiger partial charge < -0.3 is 4.90 Å². The predicted molar refractivity (Wildman–Crippen MR) is 81.1 cm³/mol. The van der Waals surface area contributed by atoms with E-state index in [-0.39, 0.29) is 11.5 Å². The van der Waals surface area contributed by atoms with Crippen molar-refractivity contribution in [1.29, 1.82) is 5.26 Å². The van der Waals surface area contributed by atoms with Gasteiger partial charge in [-0.3, -0.25) is 4.79 Å². The highest BCUT2D eigenvalue weighted by Gasteiger charge is 2.36. The van der Waals surface area contributed by atoms with E-state index in [0.717, 1.165) is 0 Å². The summed E-state index contributed by atoms with van der Waals surface area (Å²) in [5, 5.41) is 9.22. The number of carbonyl (C=O) groups is 1. The van der Waals surface area contributed by atoms with Gasteiger partial charge in [0.1, 0.15) is 10.6 Å². The Morgan fingerprint density at radius 3 is 2.70 bits per heavy atom. The Morgan fingerprint density at radius 2 is 2.15 bits per heavy atom. The Kier molecular flexibility index (Phi) is 4.71. The number of hydrogen-bond acceptors (Lipinski definition) is 3. The zero-order valence-corrected chi connectivity index (χ0v) is 13.4. The van der Waals surface area contributed by atoms with Crippen LogP contribution in [0.5, 0.6) is 0 Å². The average molecular weight is 357 g/mol. The molecule has 1 fully saturated rings. The molecule has 1 saturated heterocycles. The molecule has 0 radical (unpaired) electrons. The standard InChI is InChI=1S/C14H14BrFN2OS/c1-20-14(9-17)4-6-18(7-5-14)13(19)11-8-10(15)2-3-12(11)16/h2-3,8H,4-7H2,1H3. The Bertz CT molecular complexity index is 565. The molecule has 1 aromatic rings. The number of likely N-dealkylation sites (tertiary alicyclic amines) is 1. The van der Waals surface area contributed by atoms with Gasteiger partial charge in [0.2, 0.25) is 0 Å². The fourth-order valence-corrected chi connectivity index (χ4v) is 3.31. The minimum absolute atomic E-state index is 0.0768. The molecule has 0 atom stereocenters. The van der Waals surface area contributed by atoms with Crippen LogP contribution in [-0.2, 0) is 0 Å². The van der Waals surface area contributed by atoms with Crippen LogP contribution in [0, 0.1) is 17.1 Å². The first kappa shape index (κ1) is 15.3. The molecule has 1 aliphatic heterocycles. The maximum Gasteiger partial charge on any atom is 0.256 e. The van der Waals surface area contributed by atoms with E-state index in [0.29, 0.717) is 30.4 Å². The molecule has 6 heteroatoms. The summed E-state index contributed by atoms with van der Waals surface area (Å²) in [7, 11) is 0. The number of nitriles is 1. The molecule has 0 bridgehead atoms. The lowest BCUT2D eigenvalue weighted by Crippen LogP contribution is -2.44. The van der Waals surface area contributed by atoms with Crippen molar-refractivity contribution in [3.63, 3.8) is 0 Å². The highest BCUT2D eigenvalue weighted by Crippen LogP contribution is 2.34. The van der Waals surface area contributed by atoms with Crippen molar-refractivity contribution in [3.05, 3.63) is 34.1 Å². The molecule has 1 heterocycles. The third-order valence-electron chi connectivity index (χ3n) is 3.61. The minimum atomic E-state index is -0.514. The summed E-state index contributed by atoms with van der Waals surface area (Å²) in [6.07, 6.45) is 3.15. The molecule has 3 nitrogen and oxygen atoms in total. The molecule has 0 spiro atoms. The molecule has 1 amide bonds. The van der Waals surface area contributed by atoms with Crippen LogP contribution in [-0.4, -0.2) is 34.9 Å². The third kappa shape index (κ3) is 2.99. The Hall–Kier alpha value is -1.06. The van der Waals surface area contributed by atoms with Gasteiger partial charge in [-0.25, -0.2) is 4.39 Å². The van der Waals surface area contributed by atoms with Gasteiger partial charge in [-0.2, -0.15) is 5.26 Å². The van der Waals surface area contributed by atoms with Crippen molar-refractivity contribution >= 4 is 33.6 Å². The SMILES string of the molecule is CSC1(C#N)CCN(C(=O)c2cc(Br)ccc2F)CC1. The number of halogens is 2. The first-order valence-corrected chi connectivity index (χ1v) is 8.24. The first-order chi connectivity index (χ1) is 9.51. The number of carbonyl (C=O) groups excluding carboxylic acids is 1. The van der Waals surface area contributed by atoms with E-state index in [2.05, 4.69) is 22.0 Å². The quantitative estimate of drug-likeness (QED) is 0.814. The molecule has 1 aliphatic rings. The minimum Gasteiger partial charge on any atom is -0.338 e. The summed E-state index contributed by atoms with van der Waals surface area (Å²) in [6, 6.07) is 6.68. The lowest BCUT2D eigenvalue weighted by Gasteiger charge is -2.36. The van der Waals surface area contributed by atoms with Gasteiger partial charge in [-0.1, -0.05) is 15.9 Å². The van der Waals surface area contributed by atoms with Gasteiger partial charge in [-0.05, 0) is 37.3 Å². The number of benzene rings is 1. The average Bonchev–Trinajstić information content (AvgIpc) is 2.49. The van der Waals surface area contributed by atoms with E-state index in [1.54, 1.807) is 11.0 Å². The number of rotatable bonds is 2. The van der Waals surface area contributed by atoms with Crippen LogP contribution in [0.25, 0.3) is 0 Å². The predicted octanol–water partition coefficient (Wildman–Crippen LogP) is 3.45. The van der Waals surface area contributed by atoms with Crippen LogP contribution in [0.2, 0.25) is 0 Å². The van der Waals surface area contributed by atoms with Gasteiger partial charge in [0.05, 0.1) is 11.6 Å². The van der Waals surface area contributed by atoms with E-state index in [1.165, 1.54) is 23.9 Å². The van der Waals surface area contributed by atoms with Crippen molar-refractivity contribution in [2.75, 3.05) is 19.3 Å². The fourth-order valence-electron chi connectivity index (χ4n) is 2.26. The maximum atomic E-state index is 13.7. The van der Waals surface area contributed by atoms with Crippen molar-refractivity contribution in [1.82, 2.24) is 4.90 Å². The summed E-state index contributed by atoms with van der Waals surface area (Å²) in [5.74, 6) is -0.823. The van der Waals surface area contributed by atoms with Crippen LogP contribution in [0.15, 0.2) is 22.7 Å². The molecule has 1 aromatic carbocycles. The fraction of sp³-hybridized carbons (Fsp3) is 0.429. The summed E-state index contributed by atoms with van der Waals surface area (Å²) >= 11 is 4.77. The Morgan fingerprint density at radius 1 is 1.50 bits per heavy atom. The van der Waals surface area contributed by atoms with Gasteiger partial charge in [0.25, 0.3) is 5.91 Å². The topological polar surface area (TPSA) is 44.1 Å². The Balaban J connectivity index is 2.13. The summed E-state index contributed by atoms with van der Waals surface area (Å²) in [6.45, 7) is 0.971. The molecule has 0 unspecified atom stereocenters. The van der Waals surface area contributed by atoms with Crippen LogP contribution in [0.4, 0.5) is 4.39 Å². The van der Waals surface area contributed by atoms with E-state index >= 15 is 0 Å². The maximum absolute atomic E-state index is 13.7. The van der Waals surface area contributed by atoms with Crippen molar-refractivity contribution in [3.8, 4) is 6.07 Å². The highest BCUT2D eigenvalue weighted by atomic mass is 79.9. The monoisotopic (exact) mass is 356 g/mol. The second-order valence-corrected chi connectivity index (χ2v) is 6.83. The number of nitrogens with zero attached hydrogens (tertiary/aromatic N) is 2. The van der Waals surface area contributed by atoms with E-state index < -0.39 is 10.6 Å².